The van der Waals surface area contributed by atoms with E-state index in [4.69, 9.17) is 0 Å². The Bertz CT molecular complexity index is 761. The van der Waals surface area contributed by atoms with Crippen molar-refractivity contribution in [2.75, 3.05) is 19.8 Å². The van der Waals surface area contributed by atoms with Crippen LogP contribution in [0.5, 0.6) is 0 Å². The summed E-state index contributed by atoms with van der Waals surface area (Å²) >= 11 is 3.51. The summed E-state index contributed by atoms with van der Waals surface area (Å²) in [7, 11) is 0. The molecule has 172 valence electrons. The molecule has 0 aromatic carbocycles. The molecule has 0 saturated heterocycles. The summed E-state index contributed by atoms with van der Waals surface area (Å²) in [5.74, 6) is 0.506. The van der Waals surface area contributed by atoms with Gasteiger partial charge in [-0.1, -0.05) is 41.6 Å². The van der Waals surface area contributed by atoms with Crippen molar-refractivity contribution >= 4 is 21.8 Å². The number of nitrogens with one attached hydrogen (secondary N) is 1. The molecule has 0 radical (unpaired) electrons. The first-order valence-corrected chi connectivity index (χ1v) is 11.8. The van der Waals surface area contributed by atoms with Gasteiger partial charge >= 0.3 is 0 Å². The number of aliphatic hydroxyl groups is 1. The summed E-state index contributed by atoms with van der Waals surface area (Å²) in [5, 5.41) is 12.8. The third-order valence-electron chi connectivity index (χ3n) is 5.91. The normalized spacial score (nSPS) is 25.3. The number of aliphatic hydroxyl groups excluding tert-OH is 1. The number of hydrogen-bond donors (Lipinski definition) is 2. The summed E-state index contributed by atoms with van der Waals surface area (Å²) in [6, 6.07) is -0.597. The summed E-state index contributed by atoms with van der Waals surface area (Å²) in [6.45, 7) is 3.60. The molecule has 5 nitrogen and oxygen atoms in total. The van der Waals surface area contributed by atoms with Crippen LogP contribution in [0.4, 0.5) is 4.53 Å². The predicted octanol–water partition coefficient (Wildman–Crippen LogP) is 5.21. The molecule has 0 bridgehead atoms. The summed E-state index contributed by atoms with van der Waals surface area (Å²) in [5.41, 5.74) is 5.68. The van der Waals surface area contributed by atoms with Crippen molar-refractivity contribution in [2.45, 2.75) is 64.8 Å². The first kappa shape index (κ1) is 25.6. The third-order valence-corrected chi connectivity index (χ3v) is 6.36. The number of amides is 1. The molecule has 1 heterocycles. The molecule has 7 heteroatoms. The van der Waals surface area contributed by atoms with Gasteiger partial charge in [-0.05, 0) is 66.5 Å². The number of hydrogen-bond acceptors (Lipinski definition) is 4. The second-order valence-electron chi connectivity index (χ2n) is 8.31. The minimum Gasteiger partial charge on any atom is -0.394 e. The highest BCUT2D eigenvalue weighted by Gasteiger charge is 2.20. The van der Waals surface area contributed by atoms with Crippen LogP contribution in [0.15, 0.2) is 51.5 Å². The van der Waals surface area contributed by atoms with E-state index in [9.17, 15) is 14.4 Å². The Morgan fingerprint density at radius 2 is 2.03 bits per heavy atom. The van der Waals surface area contributed by atoms with E-state index in [0.717, 1.165) is 34.2 Å². The average Bonchev–Trinajstić information content (AvgIpc) is 3.01. The molecule has 1 amide bonds. The second-order valence-corrected chi connectivity index (χ2v) is 9.23. The van der Waals surface area contributed by atoms with E-state index in [1.54, 1.807) is 4.90 Å². The average molecular weight is 497 g/mol. The van der Waals surface area contributed by atoms with Gasteiger partial charge in [0.15, 0.2) is 0 Å². The molecule has 0 spiro atoms. The maximum absolute atomic E-state index is 12.6. The molecule has 31 heavy (non-hydrogen) atoms. The Kier molecular flexibility index (Phi) is 11.3. The summed E-state index contributed by atoms with van der Waals surface area (Å²) in [6.07, 6.45) is 15.1. The minimum absolute atomic E-state index is 0.0469. The standard InChI is InChI=1S/C24H34BrFN2O3/c1-18-8-7-11-22(25)12-21(15-28(19(18)2)23(16-29)17-31-26)14-27-24(30)13-20-9-5-3-4-6-10-20/h8,11-12,15,20,23,29H,3-6,9-10,13-14,16-17H2,1-2H3,(H,27,30)/b19-18+,21-15+,22-12-. The Morgan fingerprint density at radius 3 is 2.68 bits per heavy atom. The number of carbonyl (C=O) groups excluding carboxylic acids is 1. The van der Waals surface area contributed by atoms with Gasteiger partial charge < -0.3 is 15.3 Å². The van der Waals surface area contributed by atoms with Crippen LogP contribution in [0, 0.1) is 5.92 Å². The molecule has 0 aromatic heterocycles. The van der Waals surface area contributed by atoms with E-state index in [-0.39, 0.29) is 19.1 Å². The van der Waals surface area contributed by atoms with Crippen LogP contribution in [0.1, 0.15) is 58.8 Å². The molecule has 1 fully saturated rings. The van der Waals surface area contributed by atoms with Crippen molar-refractivity contribution in [2.24, 2.45) is 5.92 Å². The number of allylic oxidation sites excluding steroid dienone is 4. The van der Waals surface area contributed by atoms with E-state index < -0.39 is 6.04 Å². The summed E-state index contributed by atoms with van der Waals surface area (Å²) in [4.78, 5) is 18.2. The Hall–Kier alpha value is -1.66. The molecule has 1 unspecified atom stereocenters. The van der Waals surface area contributed by atoms with E-state index in [2.05, 4.69) is 31.9 Å². The number of rotatable bonds is 8. The van der Waals surface area contributed by atoms with Crippen molar-refractivity contribution in [3.8, 4) is 0 Å². The van der Waals surface area contributed by atoms with Crippen LogP contribution in [-0.2, 0) is 9.74 Å². The maximum Gasteiger partial charge on any atom is 0.220 e. The minimum atomic E-state index is -0.597. The lowest BCUT2D eigenvalue weighted by Gasteiger charge is -2.31. The molecular formula is C24H34BrFN2O3. The Morgan fingerprint density at radius 1 is 1.32 bits per heavy atom. The number of nitrogens with zero attached hydrogens (tertiary/aromatic N) is 1. The van der Waals surface area contributed by atoms with Crippen LogP contribution < -0.4 is 5.32 Å². The van der Waals surface area contributed by atoms with Crippen LogP contribution in [0.3, 0.4) is 0 Å². The lowest BCUT2D eigenvalue weighted by atomic mass is 9.96. The molecule has 1 atom stereocenters. The Balaban J connectivity index is 2.21. The highest BCUT2D eigenvalue weighted by molar-refractivity contribution is 9.11. The van der Waals surface area contributed by atoms with Crippen LogP contribution in [0.25, 0.3) is 0 Å². The maximum atomic E-state index is 12.6. The van der Waals surface area contributed by atoms with E-state index in [1.807, 2.05) is 38.3 Å². The second kappa shape index (κ2) is 13.7. The fourth-order valence-corrected chi connectivity index (χ4v) is 4.38. The smallest absolute Gasteiger partial charge is 0.220 e. The first-order chi connectivity index (χ1) is 14.9. The Labute approximate surface area is 193 Å². The lowest BCUT2D eigenvalue weighted by Crippen LogP contribution is -2.37. The van der Waals surface area contributed by atoms with E-state index >= 15 is 0 Å². The zero-order valence-corrected chi connectivity index (χ0v) is 20.1. The van der Waals surface area contributed by atoms with Crippen molar-refractivity contribution in [1.82, 2.24) is 10.2 Å². The zero-order chi connectivity index (χ0) is 22.6. The van der Waals surface area contributed by atoms with Gasteiger partial charge in [0.1, 0.15) is 6.61 Å². The van der Waals surface area contributed by atoms with Gasteiger partial charge in [-0.15, -0.1) is 5.73 Å². The van der Waals surface area contributed by atoms with Gasteiger partial charge in [-0.25, -0.2) is 0 Å². The fraction of sp³-hybridized carbons (Fsp3) is 0.583. The van der Waals surface area contributed by atoms with Crippen molar-refractivity contribution in [1.29, 1.82) is 0 Å². The first-order valence-electron chi connectivity index (χ1n) is 11.0. The SMILES string of the molecule is C/C1=C(/C)N(C(CO)COF)/C=C(CNC(=O)CC2CCCCCC2)\C=C(/Br)C=C=C1. The molecular weight excluding hydrogens is 463 g/mol. The van der Waals surface area contributed by atoms with Crippen molar-refractivity contribution < 1.29 is 19.4 Å². The highest BCUT2D eigenvalue weighted by atomic mass is 79.9. The zero-order valence-electron chi connectivity index (χ0n) is 18.5. The lowest BCUT2D eigenvalue weighted by molar-refractivity contribution is -0.148. The van der Waals surface area contributed by atoms with Gasteiger partial charge in [0, 0.05) is 29.3 Å². The molecule has 2 aliphatic rings. The number of halogens is 2. The van der Waals surface area contributed by atoms with Crippen LogP contribution >= 0.6 is 15.9 Å². The predicted molar refractivity (Wildman–Crippen MR) is 125 cm³/mol. The van der Waals surface area contributed by atoms with Crippen molar-refractivity contribution in [3.05, 3.63) is 51.5 Å². The van der Waals surface area contributed by atoms with Gasteiger partial charge in [0.2, 0.25) is 5.91 Å². The molecule has 0 aromatic rings. The molecule has 1 aliphatic heterocycles. The van der Waals surface area contributed by atoms with Gasteiger partial charge in [-0.3, -0.25) is 4.79 Å². The highest BCUT2D eigenvalue weighted by Crippen LogP contribution is 2.25. The van der Waals surface area contributed by atoms with E-state index in [1.165, 1.54) is 25.7 Å². The molecule has 1 aliphatic carbocycles. The molecule has 2 N–H and O–H groups in total. The monoisotopic (exact) mass is 496 g/mol. The van der Waals surface area contributed by atoms with Gasteiger partial charge in [0.05, 0.1) is 12.6 Å². The largest absolute Gasteiger partial charge is 0.394 e. The number of carbonyl (C=O) groups is 1. The fourth-order valence-electron chi connectivity index (χ4n) is 3.96. The van der Waals surface area contributed by atoms with Gasteiger partial charge in [0.25, 0.3) is 0 Å². The van der Waals surface area contributed by atoms with Crippen LogP contribution in [-0.4, -0.2) is 41.7 Å². The molecule has 1 saturated carbocycles. The molecule has 2 rings (SSSR count). The third kappa shape index (κ3) is 8.77. The summed E-state index contributed by atoms with van der Waals surface area (Å²) < 4.78 is 13.4. The van der Waals surface area contributed by atoms with Crippen molar-refractivity contribution in [3.63, 3.8) is 0 Å². The van der Waals surface area contributed by atoms with Crippen LogP contribution in [0.2, 0.25) is 0 Å². The topological polar surface area (TPSA) is 61.8 Å². The van der Waals surface area contributed by atoms with Gasteiger partial charge in [-0.2, -0.15) is 4.94 Å². The van der Waals surface area contributed by atoms with E-state index in [0.29, 0.717) is 18.9 Å². The quantitative estimate of drug-likeness (QED) is 0.357.